The summed E-state index contributed by atoms with van der Waals surface area (Å²) in [6, 6.07) is 26.0. The SMILES string of the molecule is O=C(CC(NS(=O)(=O)c1ccc2ccccc2c1)c1ccc2sccc2c1)NC1CCOc2cc(CN3CCCCC3)ccc21. The monoisotopic (exact) mass is 639 g/mol. The molecule has 0 aliphatic carbocycles. The van der Waals surface area contributed by atoms with E-state index in [0.717, 1.165) is 57.4 Å². The van der Waals surface area contributed by atoms with E-state index >= 15 is 0 Å². The average molecular weight is 640 g/mol. The molecular weight excluding hydrogens is 603 g/mol. The molecule has 0 saturated carbocycles. The number of nitrogens with zero attached hydrogens (tertiary/aromatic N) is 1. The van der Waals surface area contributed by atoms with Crippen LogP contribution in [0.4, 0.5) is 0 Å². The summed E-state index contributed by atoms with van der Waals surface area (Å²) in [5, 5.41) is 8.03. The Balaban J connectivity index is 1.11. The van der Waals surface area contributed by atoms with Crippen LogP contribution in [0.5, 0.6) is 5.75 Å². The van der Waals surface area contributed by atoms with Gasteiger partial charge in [-0.25, -0.2) is 13.1 Å². The third-order valence-corrected chi connectivity index (χ3v) is 11.3. The number of benzene rings is 4. The van der Waals surface area contributed by atoms with E-state index in [1.165, 1.54) is 24.8 Å². The summed E-state index contributed by atoms with van der Waals surface area (Å²) in [6.07, 6.45) is 4.41. The van der Waals surface area contributed by atoms with Crippen LogP contribution in [0.25, 0.3) is 20.9 Å². The molecule has 7 nitrogen and oxygen atoms in total. The van der Waals surface area contributed by atoms with Gasteiger partial charge in [-0.3, -0.25) is 9.69 Å². The number of piperidine rings is 1. The van der Waals surface area contributed by atoms with Crippen LogP contribution in [0.3, 0.4) is 0 Å². The van der Waals surface area contributed by atoms with Gasteiger partial charge in [0.1, 0.15) is 5.75 Å². The molecule has 4 aromatic carbocycles. The first-order chi connectivity index (χ1) is 21.9. The molecule has 0 spiro atoms. The minimum absolute atomic E-state index is 0.0395. The summed E-state index contributed by atoms with van der Waals surface area (Å²) in [6.45, 7) is 3.67. The van der Waals surface area contributed by atoms with Crippen molar-refractivity contribution in [1.82, 2.24) is 14.9 Å². The van der Waals surface area contributed by atoms with Crippen molar-refractivity contribution in [2.75, 3.05) is 19.7 Å². The Morgan fingerprint density at radius 1 is 0.911 bits per heavy atom. The lowest BCUT2D eigenvalue weighted by Crippen LogP contribution is -2.36. The van der Waals surface area contributed by atoms with Gasteiger partial charge >= 0.3 is 0 Å². The quantitative estimate of drug-likeness (QED) is 0.180. The second-order valence-electron chi connectivity index (χ2n) is 12.1. The zero-order chi connectivity index (χ0) is 30.8. The fourth-order valence-electron chi connectivity index (χ4n) is 6.52. The van der Waals surface area contributed by atoms with Gasteiger partial charge in [0.15, 0.2) is 0 Å². The van der Waals surface area contributed by atoms with E-state index in [1.54, 1.807) is 23.5 Å². The van der Waals surface area contributed by atoms with Gasteiger partial charge in [0.05, 0.1) is 23.6 Å². The van der Waals surface area contributed by atoms with Crippen molar-refractivity contribution in [3.8, 4) is 5.75 Å². The molecule has 3 heterocycles. The normalized spacial score (nSPS) is 17.9. The minimum Gasteiger partial charge on any atom is -0.493 e. The van der Waals surface area contributed by atoms with Crippen molar-refractivity contribution in [3.63, 3.8) is 0 Å². The smallest absolute Gasteiger partial charge is 0.241 e. The first-order valence-corrected chi connectivity index (χ1v) is 18.0. The zero-order valence-electron chi connectivity index (χ0n) is 25.1. The number of rotatable bonds is 9. The van der Waals surface area contributed by atoms with Gasteiger partial charge in [-0.1, -0.05) is 55.0 Å². The molecule has 2 N–H and O–H groups in total. The Hall–Kier alpha value is -3.76. The number of sulfonamides is 1. The molecule has 1 saturated heterocycles. The molecule has 9 heteroatoms. The van der Waals surface area contributed by atoms with Crippen LogP contribution in [-0.2, 0) is 21.4 Å². The van der Waals surface area contributed by atoms with Crippen molar-refractivity contribution >= 4 is 48.1 Å². The molecule has 232 valence electrons. The fraction of sp³-hybridized carbons (Fsp3) is 0.306. The van der Waals surface area contributed by atoms with Gasteiger partial charge in [-0.15, -0.1) is 11.3 Å². The molecule has 0 radical (unpaired) electrons. The maximum absolute atomic E-state index is 13.7. The molecule has 7 rings (SSSR count). The summed E-state index contributed by atoms with van der Waals surface area (Å²) in [5.74, 6) is 0.597. The maximum atomic E-state index is 13.7. The second kappa shape index (κ2) is 12.9. The fourth-order valence-corrected chi connectivity index (χ4v) is 8.55. The van der Waals surface area contributed by atoms with Crippen molar-refractivity contribution in [1.29, 1.82) is 0 Å². The van der Waals surface area contributed by atoms with Gasteiger partial charge in [0, 0.05) is 29.6 Å². The lowest BCUT2D eigenvalue weighted by Gasteiger charge is -2.29. The number of thiophene rings is 1. The number of ether oxygens (including phenoxy) is 1. The number of hydrogen-bond acceptors (Lipinski definition) is 6. The summed E-state index contributed by atoms with van der Waals surface area (Å²) in [4.78, 5) is 16.3. The summed E-state index contributed by atoms with van der Waals surface area (Å²) >= 11 is 1.63. The lowest BCUT2D eigenvalue weighted by atomic mass is 9.97. The van der Waals surface area contributed by atoms with Gasteiger partial charge in [-0.05, 0) is 95.0 Å². The highest BCUT2D eigenvalue weighted by molar-refractivity contribution is 7.89. The van der Waals surface area contributed by atoms with Crippen LogP contribution < -0.4 is 14.8 Å². The Kier molecular flexibility index (Phi) is 8.59. The van der Waals surface area contributed by atoms with E-state index in [1.807, 2.05) is 60.0 Å². The highest BCUT2D eigenvalue weighted by Crippen LogP contribution is 2.34. The van der Waals surface area contributed by atoms with Crippen molar-refractivity contribution < 1.29 is 17.9 Å². The van der Waals surface area contributed by atoms with Crippen LogP contribution in [0, 0.1) is 0 Å². The zero-order valence-corrected chi connectivity index (χ0v) is 26.7. The Morgan fingerprint density at radius 3 is 2.62 bits per heavy atom. The molecule has 0 bridgehead atoms. The largest absolute Gasteiger partial charge is 0.493 e. The Labute approximate surface area is 268 Å². The predicted molar refractivity (Wildman–Crippen MR) is 180 cm³/mol. The van der Waals surface area contributed by atoms with Gasteiger partial charge in [0.2, 0.25) is 15.9 Å². The third kappa shape index (κ3) is 6.77. The number of hydrogen-bond donors (Lipinski definition) is 2. The standard InChI is InChI=1S/C36H37N3O4S2/c40-36(37-32-14-18-43-34-20-25(8-12-31(32)34)24-39-16-4-1-5-17-39)23-33(28-10-13-35-29(21-28)15-19-44-35)38-45(41,42)30-11-9-26-6-2-3-7-27(26)22-30/h2-3,6-13,15,19-22,32-33,38H,1,4-5,14,16-18,23-24H2,(H,37,40). The minimum atomic E-state index is -3.93. The van der Waals surface area contributed by atoms with Gasteiger partial charge in [0.25, 0.3) is 0 Å². The molecule has 1 amide bonds. The van der Waals surface area contributed by atoms with E-state index in [2.05, 4.69) is 33.1 Å². The summed E-state index contributed by atoms with van der Waals surface area (Å²) < 4.78 is 37.5. The highest BCUT2D eigenvalue weighted by atomic mass is 32.2. The summed E-state index contributed by atoms with van der Waals surface area (Å²) in [5.41, 5.74) is 2.93. The number of fused-ring (bicyclic) bond motifs is 3. The topological polar surface area (TPSA) is 87.7 Å². The van der Waals surface area contributed by atoms with Crippen LogP contribution in [0.2, 0.25) is 0 Å². The first-order valence-electron chi connectivity index (χ1n) is 15.7. The molecule has 2 aliphatic heterocycles. The molecule has 45 heavy (non-hydrogen) atoms. The first kappa shape index (κ1) is 29.9. The van der Waals surface area contributed by atoms with E-state index in [-0.39, 0.29) is 23.3 Å². The van der Waals surface area contributed by atoms with E-state index in [0.29, 0.717) is 13.0 Å². The predicted octanol–water partition coefficient (Wildman–Crippen LogP) is 7.09. The van der Waals surface area contributed by atoms with Crippen LogP contribution in [-0.4, -0.2) is 38.9 Å². The van der Waals surface area contributed by atoms with E-state index < -0.39 is 16.1 Å². The Bertz CT molecular complexity index is 1950. The van der Waals surface area contributed by atoms with Crippen LogP contribution >= 0.6 is 11.3 Å². The molecule has 2 atom stereocenters. The lowest BCUT2D eigenvalue weighted by molar-refractivity contribution is -0.122. The van der Waals surface area contributed by atoms with Crippen molar-refractivity contribution in [2.24, 2.45) is 0 Å². The van der Waals surface area contributed by atoms with E-state index in [9.17, 15) is 13.2 Å². The average Bonchev–Trinajstić information content (AvgIpc) is 3.53. The van der Waals surface area contributed by atoms with Crippen molar-refractivity contribution in [2.45, 2.75) is 55.6 Å². The summed E-state index contributed by atoms with van der Waals surface area (Å²) in [7, 11) is -3.93. The number of carbonyl (C=O) groups is 1. The molecule has 1 aromatic heterocycles. The number of nitrogens with one attached hydrogen (secondary N) is 2. The van der Waals surface area contributed by atoms with Crippen molar-refractivity contribution in [3.05, 3.63) is 107 Å². The molecule has 5 aromatic rings. The maximum Gasteiger partial charge on any atom is 0.241 e. The van der Waals surface area contributed by atoms with Gasteiger partial charge in [-0.2, -0.15) is 0 Å². The molecule has 2 unspecified atom stereocenters. The second-order valence-corrected chi connectivity index (χ2v) is 14.7. The number of likely N-dealkylation sites (tertiary alicyclic amines) is 1. The number of amides is 1. The van der Waals surface area contributed by atoms with Crippen LogP contribution in [0.15, 0.2) is 95.2 Å². The Morgan fingerprint density at radius 2 is 1.76 bits per heavy atom. The van der Waals surface area contributed by atoms with Gasteiger partial charge < -0.3 is 10.1 Å². The van der Waals surface area contributed by atoms with E-state index in [4.69, 9.17) is 4.74 Å². The number of carbonyl (C=O) groups excluding carboxylic acids is 1. The molecule has 1 fully saturated rings. The van der Waals surface area contributed by atoms with Crippen LogP contribution in [0.1, 0.15) is 60.9 Å². The highest BCUT2D eigenvalue weighted by Gasteiger charge is 2.28. The molecule has 2 aliphatic rings. The molecular formula is C36H37N3O4S2. The third-order valence-electron chi connectivity index (χ3n) is 8.90.